The van der Waals surface area contributed by atoms with Crippen molar-refractivity contribution in [2.24, 2.45) is 5.92 Å². The zero-order valence-electron chi connectivity index (χ0n) is 20.0. The van der Waals surface area contributed by atoms with E-state index in [1.165, 1.54) is 21.2 Å². The first-order chi connectivity index (χ1) is 18.8. The van der Waals surface area contributed by atoms with Gasteiger partial charge >= 0.3 is 4.87 Å². The second-order valence-corrected chi connectivity index (χ2v) is 13.1. The first kappa shape index (κ1) is 26.2. The molecule has 3 atom stereocenters. The van der Waals surface area contributed by atoms with Crippen LogP contribution in [0.1, 0.15) is 16.4 Å². The summed E-state index contributed by atoms with van der Waals surface area (Å²) in [6.45, 7) is -0.201. The van der Waals surface area contributed by atoms with E-state index in [4.69, 9.17) is 0 Å². The first-order valence-electron chi connectivity index (χ1n) is 12.0. The van der Waals surface area contributed by atoms with Crippen molar-refractivity contribution in [2.45, 2.75) is 22.7 Å². The van der Waals surface area contributed by atoms with Crippen molar-refractivity contribution >= 4 is 84.1 Å². The number of thioether (sulfide) groups is 1. The number of anilines is 2. The fourth-order valence-electron chi connectivity index (χ4n) is 5.02. The maximum absolute atomic E-state index is 13.9. The highest BCUT2D eigenvalue weighted by molar-refractivity contribution is 9.10. The van der Waals surface area contributed by atoms with Crippen LogP contribution in [-0.4, -0.2) is 27.5 Å². The van der Waals surface area contributed by atoms with Gasteiger partial charge < -0.3 is 5.32 Å². The van der Waals surface area contributed by atoms with E-state index in [0.717, 1.165) is 25.8 Å². The third-order valence-corrected chi connectivity index (χ3v) is 10.3. The molecule has 2 aliphatic rings. The van der Waals surface area contributed by atoms with Crippen LogP contribution >= 0.6 is 55.0 Å². The van der Waals surface area contributed by atoms with Gasteiger partial charge in [0.2, 0.25) is 17.7 Å². The molecule has 1 saturated heterocycles. The van der Waals surface area contributed by atoms with E-state index in [-0.39, 0.29) is 29.1 Å². The third-order valence-electron chi connectivity index (χ3n) is 6.70. The Balaban J connectivity index is 1.42. The van der Waals surface area contributed by atoms with Crippen LogP contribution in [0, 0.1) is 5.92 Å². The summed E-state index contributed by atoms with van der Waals surface area (Å²) in [6, 6.07) is 23.6. The number of aromatic nitrogens is 1. The Morgan fingerprint density at radius 2 is 1.62 bits per heavy atom. The average molecular weight is 685 g/mol. The summed E-state index contributed by atoms with van der Waals surface area (Å²) in [5.41, 5.74) is 1.95. The maximum Gasteiger partial charge on any atom is 0.308 e. The molecule has 3 amide bonds. The van der Waals surface area contributed by atoms with Gasteiger partial charge in [-0.3, -0.25) is 23.7 Å². The molecule has 11 heteroatoms. The molecule has 7 nitrogen and oxygen atoms in total. The molecule has 6 rings (SSSR count). The van der Waals surface area contributed by atoms with Crippen LogP contribution in [0.3, 0.4) is 0 Å². The number of hydrogen-bond donors (Lipinski definition) is 1. The predicted octanol–water partition coefficient (Wildman–Crippen LogP) is 5.87. The topological polar surface area (TPSA) is 88.5 Å². The van der Waals surface area contributed by atoms with Crippen molar-refractivity contribution in [3.63, 3.8) is 0 Å². The minimum absolute atomic E-state index is 0.201. The van der Waals surface area contributed by atoms with Gasteiger partial charge in [0.15, 0.2) is 0 Å². The summed E-state index contributed by atoms with van der Waals surface area (Å²) in [7, 11) is 0. The van der Waals surface area contributed by atoms with Gasteiger partial charge in [-0.2, -0.15) is 0 Å². The van der Waals surface area contributed by atoms with E-state index in [9.17, 15) is 19.2 Å². The molecule has 1 fully saturated rings. The molecule has 3 heterocycles. The zero-order valence-corrected chi connectivity index (χ0v) is 24.8. The number of amides is 3. The van der Waals surface area contributed by atoms with Gasteiger partial charge in [-0.1, -0.05) is 85.3 Å². The summed E-state index contributed by atoms with van der Waals surface area (Å²) in [5.74, 6) is -2.20. The van der Waals surface area contributed by atoms with Crippen molar-refractivity contribution < 1.29 is 14.4 Å². The number of carbonyl (C=O) groups excluding carboxylic acids is 3. The molecular formula is C28H19Br2N3O4S2. The largest absolute Gasteiger partial charge is 0.325 e. The number of imide groups is 1. The van der Waals surface area contributed by atoms with Crippen molar-refractivity contribution in [2.75, 3.05) is 10.2 Å². The first-order valence-corrected chi connectivity index (χ1v) is 15.2. The Morgan fingerprint density at radius 1 is 0.872 bits per heavy atom. The molecule has 0 saturated carbocycles. The van der Waals surface area contributed by atoms with E-state index in [0.29, 0.717) is 21.3 Å². The summed E-state index contributed by atoms with van der Waals surface area (Å²) < 4.78 is 3.08. The number of carbonyl (C=O) groups is 3. The van der Waals surface area contributed by atoms with Crippen molar-refractivity contribution in [3.05, 3.63) is 108 Å². The summed E-state index contributed by atoms with van der Waals surface area (Å²) in [6.07, 6.45) is 0. The standard InChI is InChI=1S/C28H19Br2N3O4S2/c29-16-9-11-19(12-10-16)33-25(35)22-21(15-5-4-6-17(30)13-15)24-27(38-23(22)26(33)36)32(28(37)39-24)14-20(34)31-18-7-2-1-3-8-18/h1-13,21-23H,14H2,(H,31,34). The van der Waals surface area contributed by atoms with E-state index in [1.54, 1.807) is 36.4 Å². The predicted molar refractivity (Wildman–Crippen MR) is 159 cm³/mol. The van der Waals surface area contributed by atoms with Crippen LogP contribution in [0.15, 0.2) is 97.6 Å². The Bertz CT molecular complexity index is 1670. The van der Waals surface area contributed by atoms with E-state index >= 15 is 0 Å². The highest BCUT2D eigenvalue weighted by Gasteiger charge is 2.56. The highest BCUT2D eigenvalue weighted by Crippen LogP contribution is 2.54. The number of thiazole rings is 1. The number of hydrogen-bond acceptors (Lipinski definition) is 6. The second kappa shape index (κ2) is 10.5. The van der Waals surface area contributed by atoms with Crippen LogP contribution in [0.2, 0.25) is 0 Å². The smallest absolute Gasteiger partial charge is 0.308 e. The summed E-state index contributed by atoms with van der Waals surface area (Å²) >= 11 is 9.15. The SMILES string of the molecule is O=C(Cn1c2c(sc1=O)C(c1cccc(Br)c1)C1C(=O)N(c3ccc(Br)cc3)C(=O)C1S2)Nc1ccccc1. The van der Waals surface area contributed by atoms with E-state index in [2.05, 4.69) is 37.2 Å². The van der Waals surface area contributed by atoms with Gasteiger partial charge in [-0.15, -0.1) is 0 Å². The highest BCUT2D eigenvalue weighted by atomic mass is 79.9. The molecule has 39 heavy (non-hydrogen) atoms. The second-order valence-electron chi connectivity index (χ2n) is 9.12. The minimum Gasteiger partial charge on any atom is -0.325 e. The van der Waals surface area contributed by atoms with E-state index in [1.807, 2.05) is 42.5 Å². The van der Waals surface area contributed by atoms with Gasteiger partial charge in [0.25, 0.3) is 0 Å². The third kappa shape index (κ3) is 4.82. The Kier molecular flexibility index (Phi) is 7.09. The van der Waals surface area contributed by atoms with Gasteiger partial charge in [-0.25, -0.2) is 4.90 Å². The molecular weight excluding hydrogens is 666 g/mol. The summed E-state index contributed by atoms with van der Waals surface area (Å²) in [4.78, 5) is 55.5. The Labute approximate surface area is 248 Å². The van der Waals surface area contributed by atoms with Gasteiger partial charge in [-0.05, 0) is 54.1 Å². The minimum atomic E-state index is -0.741. The number of fused-ring (bicyclic) bond motifs is 2. The van der Waals surface area contributed by atoms with E-state index < -0.39 is 17.1 Å². The molecule has 1 aromatic heterocycles. The molecule has 4 aromatic rings. The number of rotatable bonds is 5. The molecule has 0 radical (unpaired) electrons. The fraction of sp³-hybridized carbons (Fsp3) is 0.143. The Hall–Kier alpha value is -2.99. The lowest BCUT2D eigenvalue weighted by atomic mass is 9.83. The van der Waals surface area contributed by atoms with Gasteiger partial charge in [0.05, 0.1) is 16.6 Å². The normalized spacial score (nSPS) is 20.1. The van der Waals surface area contributed by atoms with Gasteiger partial charge in [0.1, 0.15) is 11.8 Å². The number of nitrogens with zero attached hydrogens (tertiary/aromatic N) is 2. The van der Waals surface area contributed by atoms with Crippen molar-refractivity contribution in [3.8, 4) is 0 Å². The zero-order chi connectivity index (χ0) is 27.3. The van der Waals surface area contributed by atoms with Gasteiger partial charge in [0, 0.05) is 25.4 Å². The molecule has 3 aromatic carbocycles. The van der Waals surface area contributed by atoms with Crippen molar-refractivity contribution in [1.82, 2.24) is 4.57 Å². The number of benzene rings is 3. The van der Waals surface area contributed by atoms with Crippen LogP contribution in [-0.2, 0) is 20.9 Å². The Morgan fingerprint density at radius 3 is 2.33 bits per heavy atom. The van der Waals surface area contributed by atoms with Crippen LogP contribution < -0.4 is 15.1 Å². The van der Waals surface area contributed by atoms with Crippen LogP contribution in [0.5, 0.6) is 0 Å². The number of para-hydroxylation sites is 1. The summed E-state index contributed by atoms with van der Waals surface area (Å²) in [5, 5.41) is 2.63. The maximum atomic E-state index is 13.9. The number of nitrogens with one attached hydrogen (secondary N) is 1. The molecule has 3 unspecified atom stereocenters. The fourth-order valence-corrected chi connectivity index (χ4v) is 8.48. The number of halogens is 2. The molecule has 0 aliphatic carbocycles. The molecule has 1 N–H and O–H groups in total. The lowest BCUT2D eigenvalue weighted by Gasteiger charge is -2.30. The monoisotopic (exact) mass is 683 g/mol. The average Bonchev–Trinajstić information content (AvgIpc) is 3.36. The molecule has 0 spiro atoms. The molecule has 2 aliphatic heterocycles. The molecule has 196 valence electrons. The van der Waals surface area contributed by atoms with Crippen LogP contribution in [0.4, 0.5) is 11.4 Å². The molecule has 0 bridgehead atoms. The lowest BCUT2D eigenvalue weighted by molar-refractivity contribution is -0.122. The lowest BCUT2D eigenvalue weighted by Crippen LogP contribution is -2.33. The van der Waals surface area contributed by atoms with Crippen molar-refractivity contribution in [1.29, 1.82) is 0 Å². The van der Waals surface area contributed by atoms with Crippen LogP contribution in [0.25, 0.3) is 0 Å². The quantitative estimate of drug-likeness (QED) is 0.266.